The number of nitrogens with one attached hydrogen (secondary N) is 1. The molecule has 0 atom stereocenters. The molecule has 2 heterocycles. The van der Waals surface area contributed by atoms with Crippen LogP contribution in [0.15, 0.2) is 18.2 Å². The minimum absolute atomic E-state index is 0.163. The van der Waals surface area contributed by atoms with Crippen molar-refractivity contribution in [2.24, 2.45) is 0 Å². The van der Waals surface area contributed by atoms with Crippen molar-refractivity contribution in [3.05, 3.63) is 29.3 Å². The second-order valence-corrected chi connectivity index (χ2v) is 6.99. The van der Waals surface area contributed by atoms with E-state index >= 15 is 0 Å². The minimum atomic E-state index is -0.414. The fourth-order valence-electron chi connectivity index (χ4n) is 4.11. The summed E-state index contributed by atoms with van der Waals surface area (Å²) in [5, 5.41) is 3.38. The number of amides is 1. The topological polar surface area (TPSA) is 50.8 Å². The van der Waals surface area contributed by atoms with Gasteiger partial charge in [0.2, 0.25) is 5.91 Å². The third kappa shape index (κ3) is 3.15. The van der Waals surface area contributed by atoms with Crippen molar-refractivity contribution in [3.8, 4) is 0 Å². The van der Waals surface area contributed by atoms with Gasteiger partial charge in [-0.3, -0.25) is 4.79 Å². The second-order valence-electron chi connectivity index (χ2n) is 6.99. The lowest BCUT2D eigenvalue weighted by Gasteiger charge is -2.37. The first kappa shape index (κ1) is 15.9. The Morgan fingerprint density at radius 2 is 1.88 bits per heavy atom. The molecular formula is C19H26N2O3. The van der Waals surface area contributed by atoms with E-state index in [4.69, 9.17) is 9.47 Å². The normalized spacial score (nSPS) is 22.4. The van der Waals surface area contributed by atoms with Crippen LogP contribution in [0.2, 0.25) is 0 Å². The van der Waals surface area contributed by atoms with Crippen molar-refractivity contribution in [3.63, 3.8) is 0 Å². The first-order valence-electron chi connectivity index (χ1n) is 9.16. The van der Waals surface area contributed by atoms with Gasteiger partial charge in [0.1, 0.15) is 0 Å². The molecule has 2 saturated heterocycles. The molecule has 0 aromatic heterocycles. The molecule has 130 valence electrons. The van der Waals surface area contributed by atoms with Crippen LogP contribution in [0.4, 0.5) is 5.69 Å². The number of anilines is 1. The first-order chi connectivity index (χ1) is 11.8. The molecule has 24 heavy (non-hydrogen) atoms. The highest BCUT2D eigenvalue weighted by Crippen LogP contribution is 2.31. The van der Waals surface area contributed by atoms with Crippen LogP contribution in [0.25, 0.3) is 0 Å². The lowest BCUT2D eigenvalue weighted by Crippen LogP contribution is -2.48. The Balaban J connectivity index is 1.33. The highest BCUT2D eigenvalue weighted by Gasteiger charge is 2.40. The summed E-state index contributed by atoms with van der Waals surface area (Å²) in [4.78, 5) is 14.5. The molecule has 5 nitrogen and oxygen atoms in total. The zero-order valence-corrected chi connectivity index (χ0v) is 14.2. The number of nitrogens with zero attached hydrogens (tertiary/aromatic N) is 1. The summed E-state index contributed by atoms with van der Waals surface area (Å²) in [5.74, 6) is -0.251. The van der Waals surface area contributed by atoms with Crippen molar-refractivity contribution in [1.82, 2.24) is 4.90 Å². The number of hydrogen-bond donors (Lipinski definition) is 1. The Hall–Kier alpha value is -1.59. The predicted octanol–water partition coefficient (Wildman–Crippen LogP) is 2.34. The molecule has 1 aromatic rings. The lowest BCUT2D eigenvalue weighted by atomic mass is 9.90. The molecule has 1 aromatic carbocycles. The number of carbonyl (C=O) groups excluding carboxylic acids is 1. The third-order valence-corrected chi connectivity index (χ3v) is 5.52. The van der Waals surface area contributed by atoms with E-state index in [1.54, 1.807) is 0 Å². The fourth-order valence-corrected chi connectivity index (χ4v) is 4.11. The number of likely N-dealkylation sites (tertiary alicyclic amines) is 1. The molecule has 1 aliphatic carbocycles. The zero-order chi connectivity index (χ0) is 16.4. The van der Waals surface area contributed by atoms with Gasteiger partial charge >= 0.3 is 0 Å². The summed E-state index contributed by atoms with van der Waals surface area (Å²) in [5.41, 5.74) is 3.98. The fraction of sp³-hybridized carbons (Fsp3) is 0.632. The van der Waals surface area contributed by atoms with Gasteiger partial charge in [-0.1, -0.05) is 12.1 Å². The van der Waals surface area contributed by atoms with Gasteiger partial charge in [0.25, 0.3) is 0 Å². The van der Waals surface area contributed by atoms with E-state index in [0.717, 1.165) is 31.4 Å². The van der Waals surface area contributed by atoms with Crippen LogP contribution in [0.3, 0.4) is 0 Å². The van der Waals surface area contributed by atoms with Crippen LogP contribution in [-0.4, -0.2) is 49.4 Å². The molecule has 1 spiro atoms. The molecular weight excluding hydrogens is 304 g/mol. The Bertz CT molecular complexity index is 601. The number of aryl methyl sites for hydroxylation is 1. The van der Waals surface area contributed by atoms with Gasteiger partial charge in [0.05, 0.1) is 19.8 Å². The van der Waals surface area contributed by atoms with Crippen molar-refractivity contribution in [2.45, 2.75) is 44.3 Å². The van der Waals surface area contributed by atoms with Crippen LogP contribution >= 0.6 is 0 Å². The Labute approximate surface area is 143 Å². The molecule has 0 bridgehead atoms. The van der Waals surface area contributed by atoms with Gasteiger partial charge in [0, 0.05) is 31.6 Å². The van der Waals surface area contributed by atoms with E-state index < -0.39 is 5.79 Å². The first-order valence-corrected chi connectivity index (χ1v) is 9.16. The number of piperidine rings is 1. The van der Waals surface area contributed by atoms with Gasteiger partial charge in [-0.15, -0.1) is 0 Å². The van der Waals surface area contributed by atoms with Gasteiger partial charge in [-0.2, -0.15) is 0 Å². The molecule has 1 amide bonds. The summed E-state index contributed by atoms with van der Waals surface area (Å²) in [6.07, 6.45) is 6.35. The number of carbonyl (C=O) groups is 1. The van der Waals surface area contributed by atoms with E-state index in [-0.39, 0.29) is 5.91 Å². The number of benzene rings is 1. The van der Waals surface area contributed by atoms with E-state index in [1.165, 1.54) is 24.0 Å². The Morgan fingerprint density at radius 1 is 1.12 bits per heavy atom. The molecule has 2 aliphatic heterocycles. The largest absolute Gasteiger partial charge is 0.376 e. The van der Waals surface area contributed by atoms with Gasteiger partial charge < -0.3 is 19.7 Å². The molecule has 0 radical (unpaired) electrons. The minimum Gasteiger partial charge on any atom is -0.376 e. The molecule has 2 fully saturated rings. The van der Waals surface area contributed by atoms with Crippen molar-refractivity contribution in [1.29, 1.82) is 0 Å². The summed E-state index contributed by atoms with van der Waals surface area (Å²) in [7, 11) is 0. The number of fused-ring (bicyclic) bond motifs is 1. The maximum absolute atomic E-state index is 12.5. The zero-order valence-electron chi connectivity index (χ0n) is 14.2. The summed E-state index contributed by atoms with van der Waals surface area (Å²) >= 11 is 0. The predicted molar refractivity (Wildman–Crippen MR) is 92.0 cm³/mol. The highest BCUT2D eigenvalue weighted by atomic mass is 16.7. The van der Waals surface area contributed by atoms with Crippen molar-refractivity contribution >= 4 is 11.6 Å². The van der Waals surface area contributed by atoms with Crippen molar-refractivity contribution < 1.29 is 14.3 Å². The Morgan fingerprint density at radius 3 is 2.67 bits per heavy atom. The highest BCUT2D eigenvalue weighted by molar-refractivity contribution is 5.81. The second kappa shape index (κ2) is 6.73. The molecule has 3 aliphatic rings. The average Bonchev–Trinajstić information content (AvgIpc) is 3.08. The third-order valence-electron chi connectivity index (χ3n) is 5.52. The smallest absolute Gasteiger partial charge is 0.241 e. The maximum Gasteiger partial charge on any atom is 0.241 e. The monoisotopic (exact) mass is 330 g/mol. The van der Waals surface area contributed by atoms with Crippen LogP contribution in [-0.2, 0) is 27.1 Å². The van der Waals surface area contributed by atoms with Crippen LogP contribution in [0.5, 0.6) is 0 Å². The van der Waals surface area contributed by atoms with Crippen molar-refractivity contribution in [2.75, 3.05) is 38.2 Å². The van der Waals surface area contributed by atoms with E-state index in [9.17, 15) is 4.79 Å². The maximum atomic E-state index is 12.5. The van der Waals surface area contributed by atoms with Gasteiger partial charge in [-0.25, -0.2) is 0 Å². The van der Waals surface area contributed by atoms with E-state index in [0.29, 0.717) is 32.8 Å². The summed E-state index contributed by atoms with van der Waals surface area (Å²) < 4.78 is 11.5. The lowest BCUT2D eigenvalue weighted by molar-refractivity contribution is -0.187. The number of rotatable bonds is 3. The summed E-state index contributed by atoms with van der Waals surface area (Å²) in [6, 6.07) is 6.41. The quantitative estimate of drug-likeness (QED) is 0.924. The van der Waals surface area contributed by atoms with Gasteiger partial charge in [-0.05, 0) is 42.9 Å². The standard InChI is InChI=1S/C19H26N2O3/c22-18(21-10-8-19(9-11-21)23-12-13-24-19)14-20-17-7-3-5-15-4-1-2-6-16(15)17/h3,5,7,20H,1-2,4,6,8-14H2. The molecule has 4 rings (SSSR count). The van der Waals surface area contributed by atoms with E-state index in [1.807, 2.05) is 4.90 Å². The molecule has 0 unspecified atom stereocenters. The Kier molecular flexibility index (Phi) is 4.46. The van der Waals surface area contributed by atoms with E-state index in [2.05, 4.69) is 23.5 Å². The number of hydrogen-bond acceptors (Lipinski definition) is 4. The van der Waals surface area contributed by atoms with Crippen LogP contribution in [0.1, 0.15) is 36.8 Å². The molecule has 1 N–H and O–H groups in total. The average molecular weight is 330 g/mol. The number of ether oxygens (including phenoxy) is 2. The van der Waals surface area contributed by atoms with Gasteiger partial charge in [0.15, 0.2) is 5.79 Å². The SMILES string of the molecule is O=C(CNc1cccc2c1CCCC2)N1CCC2(CC1)OCCO2. The summed E-state index contributed by atoms with van der Waals surface area (Å²) in [6.45, 7) is 3.15. The molecule has 5 heteroatoms. The van der Waals surface area contributed by atoms with Crippen LogP contribution in [0, 0.1) is 0 Å². The molecule has 0 saturated carbocycles. The van der Waals surface area contributed by atoms with Crippen LogP contribution < -0.4 is 5.32 Å².